The van der Waals surface area contributed by atoms with E-state index in [1.165, 1.54) is 0 Å². The quantitative estimate of drug-likeness (QED) is 0.393. The Morgan fingerprint density at radius 2 is 1.71 bits per heavy atom. The monoisotopic (exact) mass is 458 g/mol. The van der Waals surface area contributed by atoms with Gasteiger partial charge in [-0.05, 0) is 36.4 Å². The molecule has 174 valence electrons. The Morgan fingerprint density at radius 1 is 0.941 bits per heavy atom. The first-order valence-corrected chi connectivity index (χ1v) is 10.7. The smallest absolute Gasteiger partial charge is 0.257 e. The van der Waals surface area contributed by atoms with Crippen molar-refractivity contribution in [2.24, 2.45) is 0 Å². The molecule has 1 amide bonds. The topological polar surface area (TPSA) is 78.7 Å². The molecular formula is C26H26N4O4. The molecule has 2 aromatic carbocycles. The highest BCUT2D eigenvalue weighted by Crippen LogP contribution is 2.40. The van der Waals surface area contributed by atoms with Crippen molar-refractivity contribution in [2.75, 3.05) is 28.4 Å². The molecule has 8 heteroatoms. The van der Waals surface area contributed by atoms with E-state index in [0.29, 0.717) is 35.1 Å². The minimum atomic E-state index is -0.183. The first kappa shape index (κ1) is 22.8. The van der Waals surface area contributed by atoms with Gasteiger partial charge < -0.3 is 19.1 Å². The van der Waals surface area contributed by atoms with E-state index in [-0.39, 0.29) is 5.91 Å². The van der Waals surface area contributed by atoms with Crippen molar-refractivity contribution in [1.82, 2.24) is 19.7 Å². The number of carbonyl (C=O) groups is 1. The summed E-state index contributed by atoms with van der Waals surface area (Å²) in [5.74, 6) is 1.38. The molecule has 0 atom stereocenters. The Balaban J connectivity index is 1.71. The average molecular weight is 459 g/mol. The number of benzene rings is 2. The number of amides is 1. The zero-order valence-electron chi connectivity index (χ0n) is 19.6. The number of nitrogens with zero attached hydrogens (tertiary/aromatic N) is 4. The molecule has 4 aromatic rings. The van der Waals surface area contributed by atoms with Crippen LogP contribution in [0.2, 0.25) is 0 Å². The van der Waals surface area contributed by atoms with Crippen molar-refractivity contribution in [2.45, 2.75) is 6.54 Å². The van der Waals surface area contributed by atoms with Gasteiger partial charge in [0.2, 0.25) is 5.75 Å². The van der Waals surface area contributed by atoms with Crippen molar-refractivity contribution in [3.8, 4) is 34.2 Å². The van der Waals surface area contributed by atoms with E-state index in [9.17, 15) is 4.79 Å². The van der Waals surface area contributed by atoms with Crippen molar-refractivity contribution >= 4 is 5.91 Å². The summed E-state index contributed by atoms with van der Waals surface area (Å²) in [4.78, 5) is 19.4. The van der Waals surface area contributed by atoms with Crippen molar-refractivity contribution in [1.29, 1.82) is 0 Å². The first-order valence-electron chi connectivity index (χ1n) is 10.7. The lowest BCUT2D eigenvalue weighted by atomic mass is 10.1. The van der Waals surface area contributed by atoms with E-state index in [4.69, 9.17) is 19.3 Å². The molecule has 4 rings (SSSR count). The van der Waals surface area contributed by atoms with Crippen LogP contribution in [0.25, 0.3) is 16.9 Å². The van der Waals surface area contributed by atoms with Gasteiger partial charge in [-0.25, -0.2) is 4.68 Å². The molecule has 0 N–H and O–H groups in total. The Labute approximate surface area is 198 Å². The zero-order chi connectivity index (χ0) is 24.1. The zero-order valence-corrected chi connectivity index (χ0v) is 19.6. The Bertz CT molecular complexity index is 1270. The van der Waals surface area contributed by atoms with Gasteiger partial charge in [-0.15, -0.1) is 0 Å². The lowest BCUT2D eigenvalue weighted by molar-refractivity contribution is 0.0784. The second-order valence-corrected chi connectivity index (χ2v) is 7.57. The molecule has 0 spiro atoms. The van der Waals surface area contributed by atoms with Crippen LogP contribution >= 0.6 is 0 Å². The predicted molar refractivity (Wildman–Crippen MR) is 129 cm³/mol. The minimum Gasteiger partial charge on any atom is -0.493 e. The van der Waals surface area contributed by atoms with Gasteiger partial charge in [-0.2, -0.15) is 5.10 Å². The van der Waals surface area contributed by atoms with Gasteiger partial charge in [0.05, 0.1) is 32.6 Å². The van der Waals surface area contributed by atoms with Gasteiger partial charge in [-0.3, -0.25) is 9.78 Å². The van der Waals surface area contributed by atoms with Crippen molar-refractivity contribution in [3.05, 3.63) is 84.3 Å². The van der Waals surface area contributed by atoms with Crippen LogP contribution in [0.15, 0.2) is 73.2 Å². The Kier molecular flexibility index (Phi) is 6.77. The number of carbonyl (C=O) groups excluding carboxylic acids is 1. The molecule has 0 aliphatic carbocycles. The molecule has 34 heavy (non-hydrogen) atoms. The molecular weight excluding hydrogens is 432 g/mol. The maximum absolute atomic E-state index is 13.6. The molecule has 2 heterocycles. The Morgan fingerprint density at radius 3 is 2.35 bits per heavy atom. The highest BCUT2D eigenvalue weighted by atomic mass is 16.5. The van der Waals surface area contributed by atoms with Crippen LogP contribution in [0, 0.1) is 0 Å². The molecule has 0 bridgehead atoms. The summed E-state index contributed by atoms with van der Waals surface area (Å²) in [6.45, 7) is 0.297. The van der Waals surface area contributed by atoms with Gasteiger partial charge in [0.1, 0.15) is 5.69 Å². The largest absolute Gasteiger partial charge is 0.493 e. The van der Waals surface area contributed by atoms with Gasteiger partial charge in [-0.1, -0.05) is 18.2 Å². The SMILES string of the molecule is COc1ccc(CN(C)C(=O)c2cn(-c3ccccc3)nc2-c2cccnc2)c(OC)c1OC. The van der Waals surface area contributed by atoms with Crippen LogP contribution in [0.5, 0.6) is 17.2 Å². The second kappa shape index (κ2) is 10.1. The van der Waals surface area contributed by atoms with Gasteiger partial charge in [0.25, 0.3) is 5.91 Å². The number of para-hydroxylation sites is 1. The number of pyridine rings is 1. The molecule has 0 saturated carbocycles. The van der Waals surface area contributed by atoms with E-state index in [1.54, 1.807) is 62.6 Å². The Hall–Kier alpha value is -4.33. The van der Waals surface area contributed by atoms with E-state index < -0.39 is 0 Å². The molecule has 0 fully saturated rings. The van der Waals surface area contributed by atoms with Crippen LogP contribution in [-0.2, 0) is 6.54 Å². The number of methoxy groups -OCH3 is 3. The van der Waals surface area contributed by atoms with E-state index >= 15 is 0 Å². The molecule has 0 saturated heterocycles. The normalized spacial score (nSPS) is 10.6. The van der Waals surface area contributed by atoms with Crippen LogP contribution in [0.3, 0.4) is 0 Å². The summed E-state index contributed by atoms with van der Waals surface area (Å²) in [5.41, 5.74) is 3.44. The summed E-state index contributed by atoms with van der Waals surface area (Å²) in [6, 6.07) is 17.0. The number of ether oxygens (including phenoxy) is 3. The minimum absolute atomic E-state index is 0.183. The lowest BCUT2D eigenvalue weighted by Crippen LogP contribution is -2.26. The highest BCUT2D eigenvalue weighted by molar-refractivity contribution is 5.99. The summed E-state index contributed by atoms with van der Waals surface area (Å²) in [6.07, 6.45) is 5.14. The van der Waals surface area contributed by atoms with Crippen molar-refractivity contribution in [3.63, 3.8) is 0 Å². The van der Waals surface area contributed by atoms with Gasteiger partial charge in [0, 0.05) is 43.3 Å². The van der Waals surface area contributed by atoms with Gasteiger partial charge >= 0.3 is 0 Å². The summed E-state index contributed by atoms with van der Waals surface area (Å²) in [7, 11) is 6.42. The van der Waals surface area contributed by atoms with E-state index in [2.05, 4.69) is 4.98 Å². The fraction of sp³-hybridized carbons (Fsp3) is 0.192. The maximum atomic E-state index is 13.6. The molecule has 2 aromatic heterocycles. The first-order chi connectivity index (χ1) is 16.6. The molecule has 0 aliphatic heterocycles. The summed E-state index contributed by atoms with van der Waals surface area (Å²) < 4.78 is 18.1. The van der Waals surface area contributed by atoms with Crippen molar-refractivity contribution < 1.29 is 19.0 Å². The summed E-state index contributed by atoms with van der Waals surface area (Å²) in [5, 5.41) is 4.71. The van der Waals surface area contributed by atoms with Crippen LogP contribution in [0.1, 0.15) is 15.9 Å². The standard InChI is InChI=1S/C26H26N4O4/c1-29(16-19-12-13-22(32-2)25(34-4)24(19)33-3)26(31)21-17-30(20-10-6-5-7-11-20)28-23(21)18-9-8-14-27-15-18/h5-15,17H,16H2,1-4H3. The average Bonchev–Trinajstić information content (AvgIpc) is 3.34. The molecule has 8 nitrogen and oxygen atoms in total. The third-order valence-electron chi connectivity index (χ3n) is 5.44. The van der Waals surface area contributed by atoms with Gasteiger partial charge in [0.15, 0.2) is 11.5 Å². The number of aromatic nitrogens is 3. The van der Waals surface area contributed by atoms with Crippen LogP contribution in [0.4, 0.5) is 0 Å². The second-order valence-electron chi connectivity index (χ2n) is 7.57. The molecule has 0 aliphatic rings. The fourth-order valence-electron chi connectivity index (χ4n) is 3.78. The van der Waals surface area contributed by atoms with Crippen LogP contribution < -0.4 is 14.2 Å². The maximum Gasteiger partial charge on any atom is 0.257 e. The van der Waals surface area contributed by atoms with Crippen LogP contribution in [-0.4, -0.2) is 53.9 Å². The predicted octanol–water partition coefficient (Wildman–Crippen LogP) is 4.23. The summed E-state index contributed by atoms with van der Waals surface area (Å²) >= 11 is 0. The fourth-order valence-corrected chi connectivity index (χ4v) is 3.78. The number of hydrogen-bond acceptors (Lipinski definition) is 6. The number of hydrogen-bond donors (Lipinski definition) is 0. The molecule has 0 unspecified atom stereocenters. The molecule has 0 radical (unpaired) electrons. The van der Waals surface area contributed by atoms with E-state index in [1.807, 2.05) is 48.5 Å². The third-order valence-corrected chi connectivity index (χ3v) is 5.44. The highest BCUT2D eigenvalue weighted by Gasteiger charge is 2.24. The lowest BCUT2D eigenvalue weighted by Gasteiger charge is -2.21. The number of rotatable bonds is 8. The van der Waals surface area contributed by atoms with E-state index in [0.717, 1.165) is 16.8 Å². The third kappa shape index (κ3) is 4.43.